The van der Waals surface area contributed by atoms with Crippen molar-refractivity contribution in [2.45, 2.75) is 24.3 Å². The van der Waals surface area contributed by atoms with Crippen molar-refractivity contribution in [3.8, 4) is 0 Å². The number of thioether (sulfide) groups is 1. The lowest BCUT2D eigenvalue weighted by Gasteiger charge is -2.28. The van der Waals surface area contributed by atoms with Gasteiger partial charge in [-0.25, -0.2) is 0 Å². The van der Waals surface area contributed by atoms with Crippen LogP contribution in [-0.4, -0.2) is 24.1 Å². The van der Waals surface area contributed by atoms with E-state index in [1.165, 1.54) is 11.8 Å². The Kier molecular flexibility index (Phi) is 6.12. The van der Waals surface area contributed by atoms with Crippen molar-refractivity contribution in [3.63, 3.8) is 0 Å². The summed E-state index contributed by atoms with van der Waals surface area (Å²) in [6.07, 6.45) is 0.233. The van der Waals surface area contributed by atoms with Gasteiger partial charge in [-0.3, -0.25) is 9.59 Å². The number of hydrogen-bond donors (Lipinski definition) is 1. The van der Waals surface area contributed by atoms with E-state index in [2.05, 4.69) is 5.32 Å². The average Bonchev–Trinajstić information content (AvgIpc) is 2.63. The maximum atomic E-state index is 12.3. The van der Waals surface area contributed by atoms with Gasteiger partial charge in [-0.15, -0.1) is 11.8 Å². The first-order valence-corrected chi connectivity index (χ1v) is 9.96. The second-order valence-corrected chi connectivity index (χ2v) is 7.85. The molecular formula is C19H18Cl2N2O2S. The molecule has 136 valence electrons. The first kappa shape index (κ1) is 19.1. The van der Waals surface area contributed by atoms with E-state index in [9.17, 15) is 9.59 Å². The van der Waals surface area contributed by atoms with Crippen molar-refractivity contribution in [1.29, 1.82) is 0 Å². The second-order valence-electron chi connectivity index (χ2n) is 6.01. The van der Waals surface area contributed by atoms with Gasteiger partial charge in [-0.05, 0) is 36.8 Å². The van der Waals surface area contributed by atoms with E-state index in [4.69, 9.17) is 23.2 Å². The van der Waals surface area contributed by atoms with Crippen molar-refractivity contribution in [3.05, 3.63) is 58.1 Å². The number of carbonyl (C=O) groups excluding carboxylic acids is 2. The first-order valence-electron chi connectivity index (χ1n) is 8.22. The predicted octanol–water partition coefficient (Wildman–Crippen LogP) is 4.70. The van der Waals surface area contributed by atoms with E-state index < -0.39 is 0 Å². The zero-order valence-corrected chi connectivity index (χ0v) is 16.5. The maximum absolute atomic E-state index is 12.3. The summed E-state index contributed by atoms with van der Waals surface area (Å²) in [5.74, 6) is 0.310. The molecule has 3 rings (SSSR count). The Balaban J connectivity index is 1.60. The Hall–Kier alpha value is -1.69. The van der Waals surface area contributed by atoms with E-state index in [1.807, 2.05) is 37.3 Å². The van der Waals surface area contributed by atoms with Crippen LogP contribution in [0.2, 0.25) is 10.0 Å². The van der Waals surface area contributed by atoms with Crippen molar-refractivity contribution in [2.75, 3.05) is 17.2 Å². The molecule has 0 fully saturated rings. The van der Waals surface area contributed by atoms with Crippen LogP contribution in [0.15, 0.2) is 47.4 Å². The molecule has 0 saturated heterocycles. The van der Waals surface area contributed by atoms with Crippen LogP contribution in [0.1, 0.15) is 24.9 Å². The highest BCUT2D eigenvalue weighted by Crippen LogP contribution is 2.34. The lowest BCUT2D eigenvalue weighted by Crippen LogP contribution is -2.38. The number of halogens is 2. The van der Waals surface area contributed by atoms with Crippen LogP contribution in [-0.2, 0) is 9.59 Å². The molecule has 0 spiro atoms. The van der Waals surface area contributed by atoms with Crippen molar-refractivity contribution in [1.82, 2.24) is 5.32 Å². The lowest BCUT2D eigenvalue weighted by molar-refractivity contribution is -0.121. The molecule has 2 amide bonds. The third kappa shape index (κ3) is 4.34. The summed E-state index contributed by atoms with van der Waals surface area (Å²) in [6, 6.07) is 12.8. The SMILES string of the molecule is CC(NC(=O)CCN1C(=O)CSc2ccccc21)c1ccc(Cl)c(Cl)c1. The van der Waals surface area contributed by atoms with Gasteiger partial charge >= 0.3 is 0 Å². The minimum atomic E-state index is -0.197. The minimum Gasteiger partial charge on any atom is -0.350 e. The molecule has 26 heavy (non-hydrogen) atoms. The van der Waals surface area contributed by atoms with Crippen LogP contribution in [0.25, 0.3) is 0 Å². The van der Waals surface area contributed by atoms with E-state index in [-0.39, 0.29) is 24.3 Å². The smallest absolute Gasteiger partial charge is 0.237 e. The van der Waals surface area contributed by atoms with E-state index in [0.29, 0.717) is 22.3 Å². The molecule has 0 saturated carbocycles. The zero-order chi connectivity index (χ0) is 18.7. The Labute approximate surface area is 166 Å². The molecule has 1 atom stereocenters. The molecular weight excluding hydrogens is 391 g/mol. The maximum Gasteiger partial charge on any atom is 0.237 e. The second kappa shape index (κ2) is 8.33. The van der Waals surface area contributed by atoms with Gasteiger partial charge in [0.15, 0.2) is 0 Å². The van der Waals surface area contributed by atoms with E-state index in [1.54, 1.807) is 17.0 Å². The third-order valence-corrected chi connectivity index (χ3v) is 5.98. The van der Waals surface area contributed by atoms with Crippen LogP contribution >= 0.6 is 35.0 Å². The molecule has 1 unspecified atom stereocenters. The van der Waals surface area contributed by atoms with Crippen LogP contribution in [0.3, 0.4) is 0 Å². The monoisotopic (exact) mass is 408 g/mol. The molecule has 1 heterocycles. The lowest BCUT2D eigenvalue weighted by atomic mass is 10.1. The van der Waals surface area contributed by atoms with E-state index in [0.717, 1.165) is 16.1 Å². The quantitative estimate of drug-likeness (QED) is 0.779. The zero-order valence-electron chi connectivity index (χ0n) is 14.2. The van der Waals surface area contributed by atoms with Crippen molar-refractivity contribution >= 4 is 52.5 Å². The topological polar surface area (TPSA) is 49.4 Å². The molecule has 1 N–H and O–H groups in total. The largest absolute Gasteiger partial charge is 0.350 e. The number of benzene rings is 2. The molecule has 0 aromatic heterocycles. The summed E-state index contributed by atoms with van der Waals surface area (Å²) < 4.78 is 0. The van der Waals surface area contributed by atoms with Gasteiger partial charge in [0, 0.05) is 17.9 Å². The van der Waals surface area contributed by atoms with Gasteiger partial charge in [-0.2, -0.15) is 0 Å². The Bertz CT molecular complexity index is 844. The summed E-state index contributed by atoms with van der Waals surface area (Å²) in [7, 11) is 0. The number of carbonyl (C=O) groups is 2. The molecule has 2 aromatic carbocycles. The van der Waals surface area contributed by atoms with Gasteiger partial charge in [0.1, 0.15) is 0 Å². The molecule has 7 heteroatoms. The van der Waals surface area contributed by atoms with Crippen LogP contribution in [0.5, 0.6) is 0 Å². The highest BCUT2D eigenvalue weighted by atomic mass is 35.5. The van der Waals surface area contributed by atoms with Crippen LogP contribution < -0.4 is 10.2 Å². The van der Waals surface area contributed by atoms with Gasteiger partial charge in [-0.1, -0.05) is 41.4 Å². The highest BCUT2D eigenvalue weighted by Gasteiger charge is 2.24. The Morgan fingerprint density at radius 2 is 2.00 bits per heavy atom. The molecule has 2 aromatic rings. The fourth-order valence-corrected chi connectivity index (χ4v) is 4.03. The van der Waals surface area contributed by atoms with Gasteiger partial charge in [0.2, 0.25) is 11.8 Å². The van der Waals surface area contributed by atoms with Crippen molar-refractivity contribution < 1.29 is 9.59 Å². The number of fused-ring (bicyclic) bond motifs is 1. The minimum absolute atomic E-state index is 0.0269. The van der Waals surface area contributed by atoms with Crippen LogP contribution in [0.4, 0.5) is 5.69 Å². The van der Waals surface area contributed by atoms with Crippen molar-refractivity contribution in [2.24, 2.45) is 0 Å². The van der Waals surface area contributed by atoms with Gasteiger partial charge in [0.05, 0.1) is 27.5 Å². The molecule has 4 nitrogen and oxygen atoms in total. The molecule has 0 bridgehead atoms. The predicted molar refractivity (Wildman–Crippen MR) is 107 cm³/mol. The molecule has 1 aliphatic heterocycles. The van der Waals surface area contributed by atoms with Gasteiger partial charge < -0.3 is 10.2 Å². The normalized spacial score (nSPS) is 14.7. The molecule has 1 aliphatic rings. The van der Waals surface area contributed by atoms with E-state index >= 15 is 0 Å². The number of para-hydroxylation sites is 1. The Morgan fingerprint density at radius 1 is 1.23 bits per heavy atom. The first-order chi connectivity index (χ1) is 12.5. The molecule has 0 aliphatic carbocycles. The fourth-order valence-electron chi connectivity index (χ4n) is 2.79. The number of nitrogens with one attached hydrogen (secondary N) is 1. The number of nitrogens with zero attached hydrogens (tertiary/aromatic N) is 1. The van der Waals surface area contributed by atoms with Crippen LogP contribution in [0, 0.1) is 0 Å². The summed E-state index contributed by atoms with van der Waals surface area (Å²) in [6.45, 7) is 2.24. The summed E-state index contributed by atoms with van der Waals surface area (Å²) >= 11 is 13.5. The number of amides is 2. The average molecular weight is 409 g/mol. The summed E-state index contributed by atoms with van der Waals surface area (Å²) in [4.78, 5) is 27.3. The number of rotatable bonds is 5. The highest BCUT2D eigenvalue weighted by molar-refractivity contribution is 8.00. The summed E-state index contributed by atoms with van der Waals surface area (Å²) in [5.41, 5.74) is 1.75. The van der Waals surface area contributed by atoms with Gasteiger partial charge in [0.25, 0.3) is 0 Å². The Morgan fingerprint density at radius 3 is 2.77 bits per heavy atom. The fraction of sp³-hybridized carbons (Fsp3) is 0.263. The third-order valence-electron chi connectivity index (χ3n) is 4.19. The molecule has 0 radical (unpaired) electrons. The number of hydrogen-bond acceptors (Lipinski definition) is 3. The number of anilines is 1. The standard InChI is InChI=1S/C19H18Cl2N2O2S/c1-12(13-6-7-14(20)15(21)10-13)22-18(24)8-9-23-16-4-2-3-5-17(16)26-11-19(23)25/h2-7,10,12H,8-9,11H2,1H3,(H,22,24). The summed E-state index contributed by atoms with van der Waals surface area (Å²) in [5, 5.41) is 3.87.